The van der Waals surface area contributed by atoms with Crippen molar-refractivity contribution in [2.24, 2.45) is 11.3 Å². The zero-order chi connectivity index (χ0) is 14.0. The summed E-state index contributed by atoms with van der Waals surface area (Å²) in [6.07, 6.45) is 0. The summed E-state index contributed by atoms with van der Waals surface area (Å²) in [5.74, 6) is 0.611. The van der Waals surface area contributed by atoms with Crippen LogP contribution in [0.1, 0.15) is 33.4 Å². The molecule has 0 aliphatic carbocycles. The zero-order valence-electron chi connectivity index (χ0n) is 12.6. The van der Waals surface area contributed by atoms with E-state index in [1.54, 1.807) is 0 Å². The van der Waals surface area contributed by atoms with Crippen molar-refractivity contribution in [2.75, 3.05) is 11.9 Å². The SMILES string of the molecule is Cc1cc(NCC(C)C(C)(C)C)c2ccccc2n1. The van der Waals surface area contributed by atoms with Gasteiger partial charge in [0.25, 0.3) is 0 Å². The molecule has 2 rings (SSSR count). The summed E-state index contributed by atoms with van der Waals surface area (Å²) in [6.45, 7) is 12.2. The number of hydrogen-bond acceptors (Lipinski definition) is 2. The van der Waals surface area contributed by atoms with Crippen LogP contribution in [-0.2, 0) is 0 Å². The van der Waals surface area contributed by atoms with Gasteiger partial charge in [0.1, 0.15) is 0 Å². The van der Waals surface area contributed by atoms with Crippen LogP contribution in [0.4, 0.5) is 5.69 Å². The molecule has 1 heterocycles. The Labute approximate surface area is 116 Å². The fraction of sp³-hybridized carbons (Fsp3) is 0.471. The van der Waals surface area contributed by atoms with Crippen LogP contribution in [0.3, 0.4) is 0 Å². The average Bonchev–Trinajstić information content (AvgIpc) is 2.34. The van der Waals surface area contributed by atoms with Crippen LogP contribution in [0, 0.1) is 18.3 Å². The normalized spacial score (nSPS) is 13.5. The third-order valence-corrected chi connectivity index (χ3v) is 3.92. The average molecular weight is 256 g/mol. The monoisotopic (exact) mass is 256 g/mol. The van der Waals surface area contributed by atoms with E-state index in [0.717, 1.165) is 17.8 Å². The van der Waals surface area contributed by atoms with E-state index in [2.05, 4.69) is 62.3 Å². The molecule has 1 unspecified atom stereocenters. The number of pyridine rings is 1. The first kappa shape index (κ1) is 13.9. The number of nitrogens with one attached hydrogen (secondary N) is 1. The van der Waals surface area contributed by atoms with Crippen LogP contribution >= 0.6 is 0 Å². The summed E-state index contributed by atoms with van der Waals surface area (Å²) >= 11 is 0. The van der Waals surface area contributed by atoms with Gasteiger partial charge in [0, 0.05) is 23.3 Å². The Bertz CT molecular complexity index is 567. The van der Waals surface area contributed by atoms with Crippen molar-refractivity contribution in [3.05, 3.63) is 36.0 Å². The van der Waals surface area contributed by atoms with E-state index in [4.69, 9.17) is 0 Å². The highest BCUT2D eigenvalue weighted by Crippen LogP contribution is 2.27. The Hall–Kier alpha value is -1.57. The molecule has 1 aromatic carbocycles. The molecule has 0 saturated carbocycles. The summed E-state index contributed by atoms with van der Waals surface area (Å²) in [7, 11) is 0. The van der Waals surface area contributed by atoms with Crippen LogP contribution in [0.25, 0.3) is 10.9 Å². The number of anilines is 1. The summed E-state index contributed by atoms with van der Waals surface area (Å²) in [5, 5.41) is 4.80. The smallest absolute Gasteiger partial charge is 0.0725 e. The van der Waals surface area contributed by atoms with E-state index in [1.165, 1.54) is 11.1 Å². The number of fused-ring (bicyclic) bond motifs is 1. The number of rotatable bonds is 3. The minimum absolute atomic E-state index is 0.324. The lowest BCUT2D eigenvalue weighted by Crippen LogP contribution is -2.24. The van der Waals surface area contributed by atoms with E-state index in [0.29, 0.717) is 11.3 Å². The van der Waals surface area contributed by atoms with Gasteiger partial charge < -0.3 is 5.32 Å². The van der Waals surface area contributed by atoms with Gasteiger partial charge in [-0.1, -0.05) is 45.9 Å². The first-order valence-corrected chi connectivity index (χ1v) is 6.98. The molecule has 0 saturated heterocycles. The molecule has 0 radical (unpaired) electrons. The lowest BCUT2D eigenvalue weighted by atomic mass is 9.82. The van der Waals surface area contributed by atoms with Crippen molar-refractivity contribution >= 4 is 16.6 Å². The fourth-order valence-electron chi connectivity index (χ4n) is 2.02. The predicted octanol–water partition coefficient (Wildman–Crippen LogP) is 4.64. The van der Waals surface area contributed by atoms with Gasteiger partial charge >= 0.3 is 0 Å². The Morgan fingerprint density at radius 3 is 2.58 bits per heavy atom. The van der Waals surface area contributed by atoms with Gasteiger partial charge in [-0.25, -0.2) is 0 Å². The number of nitrogens with zero attached hydrogens (tertiary/aromatic N) is 1. The van der Waals surface area contributed by atoms with Crippen LogP contribution in [0.2, 0.25) is 0 Å². The second kappa shape index (κ2) is 5.20. The molecule has 1 N–H and O–H groups in total. The highest BCUT2D eigenvalue weighted by Gasteiger charge is 2.19. The standard InChI is InChI=1S/C17H24N2/c1-12(17(3,4)5)11-18-16-10-13(2)19-15-9-7-6-8-14(15)16/h6-10,12H,11H2,1-5H3,(H,18,19). The second-order valence-corrected chi connectivity index (χ2v) is 6.48. The van der Waals surface area contributed by atoms with Crippen molar-refractivity contribution in [2.45, 2.75) is 34.6 Å². The Kier molecular flexibility index (Phi) is 3.79. The summed E-state index contributed by atoms with van der Waals surface area (Å²) in [5.41, 5.74) is 3.64. The molecule has 2 heteroatoms. The Morgan fingerprint density at radius 2 is 1.89 bits per heavy atom. The molecule has 102 valence electrons. The van der Waals surface area contributed by atoms with Crippen LogP contribution in [-0.4, -0.2) is 11.5 Å². The third kappa shape index (κ3) is 3.25. The first-order chi connectivity index (χ1) is 8.88. The maximum absolute atomic E-state index is 4.57. The summed E-state index contributed by atoms with van der Waals surface area (Å²) in [4.78, 5) is 4.57. The molecule has 1 aromatic heterocycles. The number of para-hydroxylation sites is 1. The van der Waals surface area contributed by atoms with Crippen LogP contribution in [0.15, 0.2) is 30.3 Å². The molecule has 1 atom stereocenters. The number of benzene rings is 1. The Morgan fingerprint density at radius 1 is 1.21 bits per heavy atom. The van der Waals surface area contributed by atoms with E-state index in [1.807, 2.05) is 13.0 Å². The summed E-state index contributed by atoms with van der Waals surface area (Å²) in [6, 6.07) is 10.4. The van der Waals surface area contributed by atoms with Crippen LogP contribution < -0.4 is 5.32 Å². The topological polar surface area (TPSA) is 24.9 Å². The predicted molar refractivity (Wildman–Crippen MR) is 83.6 cm³/mol. The van der Waals surface area contributed by atoms with E-state index >= 15 is 0 Å². The third-order valence-electron chi connectivity index (χ3n) is 3.92. The Balaban J connectivity index is 2.25. The van der Waals surface area contributed by atoms with Gasteiger partial charge in [0.2, 0.25) is 0 Å². The van der Waals surface area contributed by atoms with Gasteiger partial charge in [0.15, 0.2) is 0 Å². The van der Waals surface area contributed by atoms with Gasteiger partial charge in [-0.2, -0.15) is 0 Å². The quantitative estimate of drug-likeness (QED) is 0.865. The minimum atomic E-state index is 0.324. The minimum Gasteiger partial charge on any atom is -0.384 e. The van der Waals surface area contributed by atoms with Gasteiger partial charge in [-0.3, -0.25) is 4.98 Å². The molecule has 0 aliphatic rings. The molecule has 0 aliphatic heterocycles. The molecule has 2 aromatic rings. The maximum atomic E-state index is 4.57. The fourth-order valence-corrected chi connectivity index (χ4v) is 2.02. The largest absolute Gasteiger partial charge is 0.384 e. The second-order valence-electron chi connectivity index (χ2n) is 6.48. The van der Waals surface area contributed by atoms with Crippen LogP contribution in [0.5, 0.6) is 0 Å². The molecule has 0 bridgehead atoms. The molecule has 0 amide bonds. The van der Waals surface area contributed by atoms with Gasteiger partial charge in [-0.05, 0) is 30.4 Å². The van der Waals surface area contributed by atoms with Crippen molar-refractivity contribution < 1.29 is 0 Å². The van der Waals surface area contributed by atoms with E-state index < -0.39 is 0 Å². The van der Waals surface area contributed by atoms with Crippen molar-refractivity contribution in [1.82, 2.24) is 4.98 Å². The molecule has 19 heavy (non-hydrogen) atoms. The van der Waals surface area contributed by atoms with Crippen molar-refractivity contribution in [3.8, 4) is 0 Å². The lowest BCUT2D eigenvalue weighted by molar-refractivity contribution is 0.274. The number of hydrogen-bond donors (Lipinski definition) is 1. The van der Waals surface area contributed by atoms with E-state index in [-0.39, 0.29) is 0 Å². The molecule has 2 nitrogen and oxygen atoms in total. The molecule has 0 spiro atoms. The number of aromatic nitrogens is 1. The lowest BCUT2D eigenvalue weighted by Gasteiger charge is -2.28. The van der Waals surface area contributed by atoms with Gasteiger partial charge in [-0.15, -0.1) is 0 Å². The number of aryl methyl sites for hydroxylation is 1. The van der Waals surface area contributed by atoms with Crippen molar-refractivity contribution in [3.63, 3.8) is 0 Å². The molecular formula is C17H24N2. The highest BCUT2D eigenvalue weighted by molar-refractivity contribution is 5.91. The summed E-state index contributed by atoms with van der Waals surface area (Å²) < 4.78 is 0. The van der Waals surface area contributed by atoms with Crippen molar-refractivity contribution in [1.29, 1.82) is 0 Å². The first-order valence-electron chi connectivity index (χ1n) is 6.98. The highest BCUT2D eigenvalue weighted by atomic mass is 14.9. The molecular weight excluding hydrogens is 232 g/mol. The maximum Gasteiger partial charge on any atom is 0.0725 e. The zero-order valence-corrected chi connectivity index (χ0v) is 12.6. The molecule has 0 fully saturated rings. The van der Waals surface area contributed by atoms with Gasteiger partial charge in [0.05, 0.1) is 5.52 Å². The van der Waals surface area contributed by atoms with E-state index in [9.17, 15) is 0 Å².